The monoisotopic (exact) mass is 483 g/mol. The van der Waals surface area contributed by atoms with Crippen LogP contribution in [0.2, 0.25) is 5.02 Å². The maximum atomic E-state index is 13.5. The minimum absolute atomic E-state index is 0.172. The molecule has 182 valence electrons. The van der Waals surface area contributed by atoms with Crippen LogP contribution < -0.4 is 5.32 Å². The number of amides is 2. The van der Waals surface area contributed by atoms with Gasteiger partial charge < -0.3 is 14.8 Å². The van der Waals surface area contributed by atoms with Crippen LogP contribution in [0.1, 0.15) is 61.9 Å². The van der Waals surface area contributed by atoms with E-state index in [0.29, 0.717) is 17.1 Å². The molecule has 1 saturated carbocycles. The van der Waals surface area contributed by atoms with Gasteiger partial charge in [0.15, 0.2) is 6.19 Å². The Bertz CT molecular complexity index is 1070. The number of benzene rings is 1. The summed E-state index contributed by atoms with van der Waals surface area (Å²) < 4.78 is 2.07. The Balaban J connectivity index is 1.53. The number of carbonyl (C=O) groups is 2. The van der Waals surface area contributed by atoms with Gasteiger partial charge in [0, 0.05) is 30.0 Å². The van der Waals surface area contributed by atoms with Gasteiger partial charge in [0.25, 0.3) is 5.91 Å². The molecule has 34 heavy (non-hydrogen) atoms. The van der Waals surface area contributed by atoms with E-state index in [-0.39, 0.29) is 23.8 Å². The van der Waals surface area contributed by atoms with Gasteiger partial charge >= 0.3 is 0 Å². The maximum Gasteiger partial charge on any atom is 0.268 e. The Morgan fingerprint density at radius 3 is 2.65 bits per heavy atom. The van der Waals surface area contributed by atoms with Crippen molar-refractivity contribution in [3.63, 3.8) is 0 Å². The second-order valence-corrected chi connectivity index (χ2v) is 10.0. The summed E-state index contributed by atoms with van der Waals surface area (Å²) in [4.78, 5) is 29.8. The van der Waals surface area contributed by atoms with Crippen molar-refractivity contribution in [2.24, 2.45) is 5.92 Å². The minimum Gasteiger partial charge on any atom is -0.347 e. The summed E-state index contributed by atoms with van der Waals surface area (Å²) in [5.74, 6) is -0.760. The highest BCUT2D eigenvalue weighted by atomic mass is 35.5. The van der Waals surface area contributed by atoms with Crippen LogP contribution in [-0.2, 0) is 11.3 Å². The average molecular weight is 484 g/mol. The van der Waals surface area contributed by atoms with E-state index in [1.54, 1.807) is 0 Å². The van der Waals surface area contributed by atoms with E-state index in [9.17, 15) is 9.59 Å². The molecule has 2 aliphatic rings. The standard InChI is InChI=1S/C26H34ClN5O2/c1-30(18-28)26(34)21-8-3-4-9-22(21)29-25(33)24-16-19-10-11-20(27)17-23(19)32(24)15-7-14-31-12-5-2-6-13-31/h10-11,16-17,21-22H,2-9,12-15H2,1H3,(H,29,33)/t21-,22+/m1/s1. The molecule has 1 aliphatic carbocycles. The Morgan fingerprint density at radius 2 is 1.88 bits per heavy atom. The first-order chi connectivity index (χ1) is 16.5. The molecule has 7 nitrogen and oxygen atoms in total. The van der Waals surface area contributed by atoms with Crippen molar-refractivity contribution in [2.75, 3.05) is 26.7 Å². The molecule has 2 heterocycles. The van der Waals surface area contributed by atoms with Crippen LogP contribution in [0, 0.1) is 17.4 Å². The maximum absolute atomic E-state index is 13.5. The van der Waals surface area contributed by atoms with Crippen molar-refractivity contribution in [3.8, 4) is 6.19 Å². The van der Waals surface area contributed by atoms with Gasteiger partial charge in [-0.3, -0.25) is 14.5 Å². The fraction of sp³-hybridized carbons (Fsp3) is 0.577. The lowest BCUT2D eigenvalue weighted by Crippen LogP contribution is -2.48. The second kappa shape index (κ2) is 11.2. The summed E-state index contributed by atoms with van der Waals surface area (Å²) >= 11 is 6.30. The third kappa shape index (κ3) is 5.56. The number of halogens is 1. The van der Waals surface area contributed by atoms with Crippen molar-refractivity contribution in [1.82, 2.24) is 19.7 Å². The van der Waals surface area contributed by atoms with Crippen molar-refractivity contribution in [3.05, 3.63) is 35.0 Å². The van der Waals surface area contributed by atoms with E-state index in [1.165, 1.54) is 26.3 Å². The van der Waals surface area contributed by atoms with Gasteiger partial charge in [-0.2, -0.15) is 5.26 Å². The van der Waals surface area contributed by atoms with Gasteiger partial charge in [0.05, 0.1) is 11.4 Å². The smallest absolute Gasteiger partial charge is 0.268 e. The van der Waals surface area contributed by atoms with E-state index in [0.717, 1.165) is 67.7 Å². The van der Waals surface area contributed by atoms with Gasteiger partial charge in [-0.1, -0.05) is 36.9 Å². The van der Waals surface area contributed by atoms with Crippen LogP contribution >= 0.6 is 11.6 Å². The summed E-state index contributed by atoms with van der Waals surface area (Å²) in [6.45, 7) is 4.05. The number of hydrogen-bond acceptors (Lipinski definition) is 4. The van der Waals surface area contributed by atoms with E-state index in [2.05, 4.69) is 14.8 Å². The van der Waals surface area contributed by atoms with Gasteiger partial charge in [-0.05, 0) is 69.9 Å². The molecule has 2 aromatic rings. The highest BCUT2D eigenvalue weighted by Crippen LogP contribution is 2.28. The van der Waals surface area contributed by atoms with Crippen LogP contribution in [0.5, 0.6) is 0 Å². The molecule has 1 aliphatic heterocycles. The number of nitrogens with one attached hydrogen (secondary N) is 1. The molecule has 0 radical (unpaired) electrons. The number of piperidine rings is 1. The fourth-order valence-electron chi connectivity index (χ4n) is 5.43. The molecular formula is C26H34ClN5O2. The number of likely N-dealkylation sites (tertiary alicyclic amines) is 1. The normalized spacial score (nSPS) is 21.2. The molecule has 2 fully saturated rings. The van der Waals surface area contributed by atoms with E-state index >= 15 is 0 Å². The predicted octanol–water partition coefficient (Wildman–Crippen LogP) is 4.40. The van der Waals surface area contributed by atoms with Crippen molar-refractivity contribution in [2.45, 2.75) is 64.0 Å². The summed E-state index contributed by atoms with van der Waals surface area (Å²) in [7, 11) is 1.49. The van der Waals surface area contributed by atoms with E-state index in [4.69, 9.17) is 16.9 Å². The molecule has 0 unspecified atom stereocenters. The van der Waals surface area contributed by atoms with Gasteiger partial charge in [0.1, 0.15) is 5.69 Å². The Hall–Kier alpha value is -2.56. The summed E-state index contributed by atoms with van der Waals surface area (Å²) in [6, 6.07) is 7.36. The lowest BCUT2D eigenvalue weighted by molar-refractivity contribution is -0.133. The zero-order valence-corrected chi connectivity index (χ0v) is 20.7. The SMILES string of the molecule is CN(C#N)C(=O)[C@@H]1CCCC[C@@H]1NC(=O)c1cc2ccc(Cl)cc2n1CCCN1CCCCC1. The van der Waals surface area contributed by atoms with Crippen LogP contribution in [-0.4, -0.2) is 58.9 Å². The van der Waals surface area contributed by atoms with Crippen LogP contribution in [0.15, 0.2) is 24.3 Å². The molecule has 2 amide bonds. The lowest BCUT2D eigenvalue weighted by Gasteiger charge is -2.32. The van der Waals surface area contributed by atoms with Crippen molar-refractivity contribution >= 4 is 34.3 Å². The first-order valence-electron chi connectivity index (χ1n) is 12.5. The molecular weight excluding hydrogens is 450 g/mol. The Kier molecular flexibility index (Phi) is 8.12. The third-order valence-corrected chi connectivity index (χ3v) is 7.52. The van der Waals surface area contributed by atoms with Crippen molar-refractivity contribution < 1.29 is 9.59 Å². The van der Waals surface area contributed by atoms with Crippen molar-refractivity contribution in [1.29, 1.82) is 5.26 Å². The summed E-state index contributed by atoms with van der Waals surface area (Å²) in [5, 5.41) is 13.9. The fourth-order valence-corrected chi connectivity index (χ4v) is 5.60. The number of aryl methyl sites for hydroxylation is 1. The first-order valence-corrected chi connectivity index (χ1v) is 12.8. The quantitative estimate of drug-likeness (QED) is 0.467. The number of rotatable bonds is 7. The largest absolute Gasteiger partial charge is 0.347 e. The summed E-state index contributed by atoms with van der Waals surface area (Å²) in [5.41, 5.74) is 1.55. The molecule has 0 spiro atoms. The van der Waals surface area contributed by atoms with Crippen LogP contribution in [0.25, 0.3) is 10.9 Å². The average Bonchev–Trinajstić information content (AvgIpc) is 3.22. The molecule has 1 aromatic heterocycles. The number of hydrogen-bond donors (Lipinski definition) is 1. The van der Waals surface area contributed by atoms with Gasteiger partial charge in [-0.25, -0.2) is 0 Å². The number of nitriles is 1. The number of carbonyl (C=O) groups excluding carboxylic acids is 2. The molecule has 4 rings (SSSR count). The molecule has 0 bridgehead atoms. The highest BCUT2D eigenvalue weighted by molar-refractivity contribution is 6.31. The molecule has 1 aromatic carbocycles. The lowest BCUT2D eigenvalue weighted by atomic mass is 9.83. The third-order valence-electron chi connectivity index (χ3n) is 7.28. The van der Waals surface area contributed by atoms with Gasteiger partial charge in [0.2, 0.25) is 5.91 Å². The molecule has 1 N–H and O–H groups in total. The Labute approximate surface area is 206 Å². The van der Waals surface area contributed by atoms with Crippen LogP contribution in [0.3, 0.4) is 0 Å². The molecule has 2 atom stereocenters. The van der Waals surface area contributed by atoms with Crippen LogP contribution in [0.4, 0.5) is 0 Å². The minimum atomic E-state index is -0.367. The van der Waals surface area contributed by atoms with Gasteiger partial charge in [-0.15, -0.1) is 0 Å². The number of aromatic nitrogens is 1. The second-order valence-electron chi connectivity index (χ2n) is 9.61. The number of nitrogens with zero attached hydrogens (tertiary/aromatic N) is 4. The zero-order chi connectivity index (χ0) is 24.1. The number of fused-ring (bicyclic) bond motifs is 1. The predicted molar refractivity (Wildman–Crippen MR) is 133 cm³/mol. The topological polar surface area (TPSA) is 81.4 Å². The first kappa shape index (κ1) is 24.6. The van der Waals surface area contributed by atoms with E-state index < -0.39 is 0 Å². The Morgan fingerprint density at radius 1 is 1.12 bits per heavy atom. The highest BCUT2D eigenvalue weighted by Gasteiger charge is 2.34. The molecule has 8 heteroatoms. The zero-order valence-electron chi connectivity index (χ0n) is 19.9. The summed E-state index contributed by atoms with van der Waals surface area (Å²) in [6.07, 6.45) is 10.0. The molecule has 1 saturated heterocycles. The van der Waals surface area contributed by atoms with E-state index in [1.807, 2.05) is 30.5 Å².